The van der Waals surface area contributed by atoms with Gasteiger partial charge in [0.1, 0.15) is 12.3 Å². The van der Waals surface area contributed by atoms with Crippen molar-refractivity contribution in [2.45, 2.75) is 110 Å². The van der Waals surface area contributed by atoms with Crippen LogP contribution in [0.3, 0.4) is 0 Å². The fraction of sp³-hybridized carbons (Fsp3) is 0.618. The predicted octanol–water partition coefficient (Wildman–Crippen LogP) is 8.52. The molecule has 0 saturated heterocycles. The van der Waals surface area contributed by atoms with Gasteiger partial charge in [0.05, 0.1) is 27.3 Å². The molecule has 0 radical (unpaired) electrons. The molecule has 0 aromatic heterocycles. The molecule has 0 saturated carbocycles. The Bertz CT molecular complexity index is 880. The summed E-state index contributed by atoms with van der Waals surface area (Å²) in [5.41, 5.74) is 2.55. The summed E-state index contributed by atoms with van der Waals surface area (Å²) in [6.45, 7) is 6.32. The van der Waals surface area contributed by atoms with Gasteiger partial charge in [-0.15, -0.1) is 0 Å². The lowest BCUT2D eigenvalue weighted by molar-refractivity contribution is -0.920. The van der Waals surface area contributed by atoms with Gasteiger partial charge < -0.3 is 14.0 Å². The summed E-state index contributed by atoms with van der Waals surface area (Å²) in [5, 5.41) is 0. The number of benzene rings is 2. The van der Waals surface area contributed by atoms with Crippen molar-refractivity contribution in [2.75, 3.05) is 27.3 Å². The molecule has 212 valence electrons. The van der Waals surface area contributed by atoms with Crippen LogP contribution in [-0.4, -0.2) is 43.8 Å². The Morgan fingerprint density at radius 1 is 0.737 bits per heavy atom. The summed E-state index contributed by atoms with van der Waals surface area (Å²) in [6.07, 6.45) is 15.2. The molecule has 4 heteroatoms. The Balaban J connectivity index is 1.68. The van der Waals surface area contributed by atoms with Gasteiger partial charge in [0.25, 0.3) is 0 Å². The molecule has 0 aliphatic heterocycles. The molecule has 2 aromatic carbocycles. The Labute approximate surface area is 233 Å². The van der Waals surface area contributed by atoms with E-state index in [0.29, 0.717) is 17.7 Å². The van der Waals surface area contributed by atoms with Gasteiger partial charge in [-0.05, 0) is 43.7 Å². The first kappa shape index (κ1) is 31.9. The van der Waals surface area contributed by atoms with Gasteiger partial charge in [0, 0.05) is 12.0 Å². The average Bonchev–Trinajstić information content (AvgIpc) is 2.91. The Morgan fingerprint density at radius 3 is 2.08 bits per heavy atom. The molecule has 0 bridgehead atoms. The number of carbonyl (C=O) groups excluding carboxylic acids is 1. The van der Waals surface area contributed by atoms with E-state index in [4.69, 9.17) is 9.47 Å². The number of rotatable bonds is 21. The zero-order valence-electron chi connectivity index (χ0n) is 24.8. The normalized spacial score (nSPS) is 12.3. The summed E-state index contributed by atoms with van der Waals surface area (Å²) in [7, 11) is 4.26. The van der Waals surface area contributed by atoms with Crippen LogP contribution in [0.25, 0.3) is 0 Å². The number of quaternary nitrogens is 1. The van der Waals surface area contributed by atoms with Gasteiger partial charge in [0.2, 0.25) is 0 Å². The van der Waals surface area contributed by atoms with Crippen molar-refractivity contribution in [1.82, 2.24) is 0 Å². The van der Waals surface area contributed by atoms with Crippen LogP contribution in [0, 0.1) is 0 Å². The second kappa shape index (κ2) is 18.8. The maximum absolute atomic E-state index is 13.0. The van der Waals surface area contributed by atoms with Crippen molar-refractivity contribution < 1.29 is 18.8 Å². The lowest BCUT2D eigenvalue weighted by Gasteiger charge is -2.36. The van der Waals surface area contributed by atoms with E-state index in [9.17, 15) is 4.79 Å². The molecule has 2 rings (SSSR count). The minimum atomic E-state index is -0.153. The van der Waals surface area contributed by atoms with Gasteiger partial charge in [-0.25, -0.2) is 4.79 Å². The second-order valence-corrected chi connectivity index (χ2v) is 11.3. The van der Waals surface area contributed by atoms with Crippen molar-refractivity contribution in [1.29, 1.82) is 0 Å². The van der Waals surface area contributed by atoms with Crippen LogP contribution in [0.5, 0.6) is 5.75 Å². The number of hydrogen-bond acceptors (Lipinski definition) is 3. The largest absolute Gasteiger partial charge is 0.493 e. The molecule has 0 aliphatic rings. The number of esters is 1. The first-order valence-corrected chi connectivity index (χ1v) is 15.2. The maximum Gasteiger partial charge on any atom is 0.364 e. The number of likely N-dealkylation sites (N-methyl/N-ethyl adjacent to an activating group) is 1. The highest BCUT2D eigenvalue weighted by Crippen LogP contribution is 2.22. The van der Waals surface area contributed by atoms with E-state index in [0.717, 1.165) is 44.4 Å². The topological polar surface area (TPSA) is 35.5 Å². The van der Waals surface area contributed by atoms with Crippen LogP contribution >= 0.6 is 0 Å². The third-order valence-electron chi connectivity index (χ3n) is 7.42. The lowest BCUT2D eigenvalue weighted by Crippen LogP contribution is -2.52. The van der Waals surface area contributed by atoms with E-state index in [2.05, 4.69) is 76.5 Å². The number of carbonyl (C=O) groups is 1. The minimum Gasteiger partial charge on any atom is -0.493 e. The first-order valence-electron chi connectivity index (χ1n) is 15.2. The Hall–Kier alpha value is -2.33. The minimum absolute atomic E-state index is 0.0793. The highest BCUT2D eigenvalue weighted by molar-refractivity contribution is 5.74. The molecular weight excluding hydrogens is 470 g/mol. The molecule has 0 N–H and O–H groups in total. The van der Waals surface area contributed by atoms with Gasteiger partial charge in [0.15, 0.2) is 6.04 Å². The number of unbranched alkanes of at least 4 members (excludes halogenated alkanes) is 8. The summed E-state index contributed by atoms with van der Waals surface area (Å²) in [5.74, 6) is 0.930. The average molecular weight is 525 g/mol. The quantitative estimate of drug-likeness (QED) is 0.0932. The van der Waals surface area contributed by atoms with E-state index in [1.807, 2.05) is 6.07 Å². The lowest BCUT2D eigenvalue weighted by atomic mass is 10.0. The molecule has 38 heavy (non-hydrogen) atoms. The van der Waals surface area contributed by atoms with Crippen LogP contribution in [0.1, 0.15) is 102 Å². The Kier molecular flexibility index (Phi) is 15.8. The standard InChI is InChI=1S/C34H54NO3/c1-5-7-8-9-10-11-12-16-24-31-25-17-18-26-33(31)37-27-19-20-28-38-34(36)32(21-6-2)35(3,4)29-30-22-14-13-15-23-30/h13-15,17-18,22-23,25-26,32H,5-12,16,19-21,24,27-29H2,1-4H3/q+1. The van der Waals surface area contributed by atoms with E-state index in [1.54, 1.807) is 0 Å². The third kappa shape index (κ3) is 12.5. The Morgan fingerprint density at radius 2 is 1.37 bits per heavy atom. The van der Waals surface area contributed by atoms with Crippen molar-refractivity contribution in [3.63, 3.8) is 0 Å². The van der Waals surface area contributed by atoms with Gasteiger partial charge >= 0.3 is 5.97 Å². The van der Waals surface area contributed by atoms with Gasteiger partial charge in [-0.1, -0.05) is 107 Å². The van der Waals surface area contributed by atoms with Crippen molar-refractivity contribution in [3.8, 4) is 5.75 Å². The number of nitrogens with zero attached hydrogens (tertiary/aromatic N) is 1. The highest BCUT2D eigenvalue weighted by Gasteiger charge is 2.35. The van der Waals surface area contributed by atoms with Crippen LogP contribution in [0.15, 0.2) is 54.6 Å². The predicted molar refractivity (Wildman–Crippen MR) is 159 cm³/mol. The highest BCUT2D eigenvalue weighted by atomic mass is 16.5. The first-order chi connectivity index (χ1) is 18.5. The molecule has 0 spiro atoms. The summed E-state index contributed by atoms with van der Waals surface area (Å²) in [4.78, 5) is 13.0. The number of ether oxygens (including phenoxy) is 2. The SMILES string of the molecule is CCCCCCCCCCc1ccccc1OCCCCOC(=O)C(CCC)[N+](C)(C)Cc1ccccc1. The van der Waals surface area contributed by atoms with Crippen LogP contribution in [0.4, 0.5) is 0 Å². The molecule has 0 amide bonds. The molecule has 2 aromatic rings. The van der Waals surface area contributed by atoms with Crippen molar-refractivity contribution in [3.05, 3.63) is 65.7 Å². The molecular formula is C34H54NO3+. The second-order valence-electron chi connectivity index (χ2n) is 11.3. The van der Waals surface area contributed by atoms with E-state index < -0.39 is 0 Å². The maximum atomic E-state index is 13.0. The zero-order chi connectivity index (χ0) is 27.5. The number of hydrogen-bond donors (Lipinski definition) is 0. The molecule has 4 nitrogen and oxygen atoms in total. The number of para-hydroxylation sites is 1. The van der Waals surface area contributed by atoms with Gasteiger partial charge in [-0.3, -0.25) is 0 Å². The third-order valence-corrected chi connectivity index (χ3v) is 7.42. The van der Waals surface area contributed by atoms with Crippen LogP contribution < -0.4 is 4.74 Å². The monoisotopic (exact) mass is 524 g/mol. The molecule has 0 heterocycles. The number of aryl methyl sites for hydroxylation is 1. The molecule has 1 unspecified atom stereocenters. The summed E-state index contributed by atoms with van der Waals surface area (Å²) in [6, 6.07) is 18.7. The van der Waals surface area contributed by atoms with Crippen LogP contribution in [-0.2, 0) is 22.5 Å². The molecule has 0 fully saturated rings. The van der Waals surface area contributed by atoms with Gasteiger partial charge in [-0.2, -0.15) is 0 Å². The van der Waals surface area contributed by atoms with E-state index in [1.165, 1.54) is 62.5 Å². The summed E-state index contributed by atoms with van der Waals surface area (Å²) < 4.78 is 12.5. The molecule has 0 aliphatic carbocycles. The van der Waals surface area contributed by atoms with Crippen molar-refractivity contribution >= 4 is 5.97 Å². The molecule has 1 atom stereocenters. The van der Waals surface area contributed by atoms with Crippen LogP contribution in [0.2, 0.25) is 0 Å². The van der Waals surface area contributed by atoms with Crippen molar-refractivity contribution in [2.24, 2.45) is 0 Å². The van der Waals surface area contributed by atoms with E-state index >= 15 is 0 Å². The van der Waals surface area contributed by atoms with E-state index in [-0.39, 0.29) is 12.0 Å². The summed E-state index contributed by atoms with van der Waals surface area (Å²) >= 11 is 0. The zero-order valence-corrected chi connectivity index (χ0v) is 24.8. The fourth-order valence-corrected chi connectivity index (χ4v) is 5.15. The smallest absolute Gasteiger partial charge is 0.364 e. The fourth-order valence-electron chi connectivity index (χ4n) is 5.15.